The number of aromatic nitrogens is 2. The summed E-state index contributed by atoms with van der Waals surface area (Å²) in [6.07, 6.45) is 1.47. The lowest BCUT2D eigenvalue weighted by Crippen LogP contribution is -2.04. The fourth-order valence-corrected chi connectivity index (χ4v) is 2.40. The van der Waals surface area contributed by atoms with Crippen LogP contribution in [0.4, 0.5) is 0 Å². The second-order valence-electron chi connectivity index (χ2n) is 3.40. The number of ether oxygens (including phenoxy) is 1. The molecule has 0 radical (unpaired) electrons. The third-order valence-electron chi connectivity index (χ3n) is 2.33. The van der Waals surface area contributed by atoms with Crippen LogP contribution < -0.4 is 0 Å². The highest BCUT2D eigenvalue weighted by atomic mass is 127. The fourth-order valence-electron chi connectivity index (χ4n) is 1.41. The highest BCUT2D eigenvalue weighted by Crippen LogP contribution is 2.27. The van der Waals surface area contributed by atoms with Crippen molar-refractivity contribution in [1.82, 2.24) is 9.97 Å². The Hall–Kier alpha value is -0.760. The Morgan fingerprint density at radius 3 is 2.88 bits per heavy atom. The van der Waals surface area contributed by atoms with Crippen molar-refractivity contribution < 1.29 is 9.53 Å². The molecule has 2 aromatic heterocycles. The van der Waals surface area contributed by atoms with Crippen LogP contribution in [0.5, 0.6) is 0 Å². The zero-order chi connectivity index (χ0) is 12.6. The molecule has 0 saturated heterocycles. The molecule has 88 valence electrons. The molecule has 17 heavy (non-hydrogen) atoms. The summed E-state index contributed by atoms with van der Waals surface area (Å²) in [5.41, 5.74) is 1.94. The van der Waals surface area contributed by atoms with Crippen molar-refractivity contribution in [1.29, 1.82) is 0 Å². The van der Waals surface area contributed by atoms with Crippen molar-refractivity contribution >= 4 is 55.5 Å². The van der Waals surface area contributed by atoms with E-state index >= 15 is 0 Å². The number of fused-ring (bicyclic) bond motifs is 1. The zero-order valence-corrected chi connectivity index (χ0v) is 12.9. The predicted octanol–water partition coefficient (Wildman–Crippen LogP) is 3.09. The Morgan fingerprint density at radius 1 is 1.53 bits per heavy atom. The van der Waals surface area contributed by atoms with Crippen molar-refractivity contribution in [3.05, 3.63) is 31.6 Å². The van der Waals surface area contributed by atoms with Crippen LogP contribution in [0.3, 0.4) is 0 Å². The molecule has 0 aliphatic rings. The quantitative estimate of drug-likeness (QED) is 0.539. The van der Waals surface area contributed by atoms with Crippen molar-refractivity contribution in [2.45, 2.75) is 6.92 Å². The van der Waals surface area contributed by atoms with Gasteiger partial charge in [-0.15, -0.1) is 0 Å². The highest BCUT2D eigenvalue weighted by Gasteiger charge is 2.15. The number of aryl methyl sites for hydroxylation is 1. The maximum absolute atomic E-state index is 11.5. The van der Waals surface area contributed by atoms with Gasteiger partial charge in [-0.2, -0.15) is 0 Å². The summed E-state index contributed by atoms with van der Waals surface area (Å²) in [6, 6.07) is 1.95. The van der Waals surface area contributed by atoms with E-state index in [0.29, 0.717) is 15.7 Å². The molecule has 2 aromatic rings. The Morgan fingerprint density at radius 2 is 2.24 bits per heavy atom. The van der Waals surface area contributed by atoms with Gasteiger partial charge in [0.15, 0.2) is 5.65 Å². The Bertz CT molecular complexity index is 616. The third kappa shape index (κ3) is 2.28. The molecule has 0 bridgehead atoms. The number of nitrogens with zero attached hydrogens (tertiary/aromatic N) is 2. The molecule has 0 spiro atoms. The topological polar surface area (TPSA) is 52.1 Å². The van der Waals surface area contributed by atoms with Crippen molar-refractivity contribution in [3.8, 4) is 0 Å². The van der Waals surface area contributed by atoms with Gasteiger partial charge < -0.3 is 4.74 Å². The molecule has 0 N–H and O–H groups in total. The first-order chi connectivity index (χ1) is 8.04. The SMILES string of the molecule is COC(=O)c1cnc2nc(C)c(I)cc2c1Br. The monoisotopic (exact) mass is 406 g/mol. The van der Waals surface area contributed by atoms with Crippen LogP contribution in [0.25, 0.3) is 11.0 Å². The van der Waals surface area contributed by atoms with Gasteiger partial charge >= 0.3 is 5.97 Å². The van der Waals surface area contributed by atoms with E-state index in [9.17, 15) is 4.79 Å². The molecule has 0 atom stereocenters. The molecule has 0 fully saturated rings. The van der Waals surface area contributed by atoms with Gasteiger partial charge in [-0.25, -0.2) is 14.8 Å². The third-order valence-corrected chi connectivity index (χ3v) is 4.27. The average molecular weight is 407 g/mol. The van der Waals surface area contributed by atoms with Crippen molar-refractivity contribution in [2.24, 2.45) is 0 Å². The molecule has 2 rings (SSSR count). The molecule has 0 saturated carbocycles. The molecule has 0 unspecified atom stereocenters. The molecule has 6 heteroatoms. The lowest BCUT2D eigenvalue weighted by atomic mass is 10.2. The summed E-state index contributed by atoms with van der Waals surface area (Å²) >= 11 is 5.60. The minimum atomic E-state index is -0.415. The van der Waals surface area contributed by atoms with E-state index in [1.54, 1.807) is 0 Å². The van der Waals surface area contributed by atoms with Gasteiger partial charge in [0.2, 0.25) is 0 Å². The fraction of sp³-hybridized carbons (Fsp3) is 0.182. The maximum Gasteiger partial charge on any atom is 0.340 e. The molecular formula is C11H8BrIN2O2. The van der Waals surface area contributed by atoms with E-state index in [1.807, 2.05) is 13.0 Å². The Labute approximate surface area is 120 Å². The first-order valence-corrected chi connectivity index (χ1v) is 6.61. The van der Waals surface area contributed by atoms with E-state index < -0.39 is 5.97 Å². The van der Waals surface area contributed by atoms with Crippen LogP contribution >= 0.6 is 38.5 Å². The summed E-state index contributed by atoms with van der Waals surface area (Å²) in [4.78, 5) is 20.0. The summed E-state index contributed by atoms with van der Waals surface area (Å²) < 4.78 is 6.38. The van der Waals surface area contributed by atoms with Gasteiger partial charge in [0, 0.05) is 19.6 Å². The number of esters is 1. The minimum absolute atomic E-state index is 0.404. The second kappa shape index (κ2) is 4.85. The first kappa shape index (κ1) is 12.7. The molecule has 0 aliphatic heterocycles. The zero-order valence-electron chi connectivity index (χ0n) is 9.12. The summed E-state index contributed by atoms with van der Waals surface area (Å²) in [7, 11) is 1.34. The molecule has 0 aromatic carbocycles. The minimum Gasteiger partial charge on any atom is -0.465 e. The van der Waals surface area contributed by atoms with Crippen LogP contribution in [0.2, 0.25) is 0 Å². The number of hydrogen-bond acceptors (Lipinski definition) is 4. The van der Waals surface area contributed by atoms with Gasteiger partial charge in [0.05, 0.1) is 18.4 Å². The second-order valence-corrected chi connectivity index (χ2v) is 5.36. The van der Waals surface area contributed by atoms with E-state index in [-0.39, 0.29) is 0 Å². The van der Waals surface area contributed by atoms with E-state index in [0.717, 1.165) is 14.7 Å². The largest absolute Gasteiger partial charge is 0.465 e. The predicted molar refractivity (Wildman–Crippen MR) is 76.0 cm³/mol. The lowest BCUT2D eigenvalue weighted by Gasteiger charge is -2.06. The molecule has 0 aliphatic carbocycles. The summed E-state index contributed by atoms with van der Waals surface area (Å²) in [5.74, 6) is -0.415. The molecule has 2 heterocycles. The van der Waals surface area contributed by atoms with Gasteiger partial charge in [0.25, 0.3) is 0 Å². The number of halogens is 2. The Balaban J connectivity index is 2.75. The van der Waals surface area contributed by atoms with Crippen LogP contribution in [0, 0.1) is 10.5 Å². The highest BCUT2D eigenvalue weighted by molar-refractivity contribution is 14.1. The molecular weight excluding hydrogens is 399 g/mol. The molecule has 0 amide bonds. The number of pyridine rings is 2. The lowest BCUT2D eigenvalue weighted by molar-refractivity contribution is 0.0599. The van der Waals surface area contributed by atoms with E-state index in [2.05, 4.69) is 53.2 Å². The van der Waals surface area contributed by atoms with E-state index in [1.165, 1.54) is 13.3 Å². The summed E-state index contributed by atoms with van der Waals surface area (Å²) in [5, 5.41) is 0.808. The van der Waals surface area contributed by atoms with Gasteiger partial charge in [-0.3, -0.25) is 0 Å². The van der Waals surface area contributed by atoms with Crippen LogP contribution in [0.1, 0.15) is 16.1 Å². The van der Waals surface area contributed by atoms with E-state index in [4.69, 9.17) is 0 Å². The standard InChI is InChI=1S/C11H8BrIN2O2/c1-5-8(13)3-6-9(12)7(11(16)17-2)4-14-10(6)15-5/h3-4H,1-2H3. The van der Waals surface area contributed by atoms with Gasteiger partial charge in [-0.1, -0.05) is 0 Å². The Kier molecular flexibility index (Phi) is 3.62. The number of carbonyl (C=O) groups is 1. The van der Waals surface area contributed by atoms with Crippen LogP contribution in [0.15, 0.2) is 16.7 Å². The first-order valence-electron chi connectivity index (χ1n) is 4.74. The average Bonchev–Trinajstić information content (AvgIpc) is 2.31. The maximum atomic E-state index is 11.5. The van der Waals surface area contributed by atoms with Crippen molar-refractivity contribution in [2.75, 3.05) is 7.11 Å². The van der Waals surface area contributed by atoms with Crippen molar-refractivity contribution in [3.63, 3.8) is 0 Å². The smallest absolute Gasteiger partial charge is 0.340 e. The van der Waals surface area contributed by atoms with Gasteiger partial charge in [0.1, 0.15) is 0 Å². The number of methoxy groups -OCH3 is 1. The normalized spacial score (nSPS) is 10.6. The van der Waals surface area contributed by atoms with Gasteiger partial charge in [-0.05, 0) is 51.5 Å². The van der Waals surface area contributed by atoms with Crippen LogP contribution in [-0.4, -0.2) is 23.0 Å². The number of hydrogen-bond donors (Lipinski definition) is 0. The molecule has 4 nitrogen and oxygen atoms in total. The number of rotatable bonds is 1. The number of carbonyl (C=O) groups excluding carboxylic acids is 1. The van der Waals surface area contributed by atoms with Crippen LogP contribution in [-0.2, 0) is 4.74 Å². The summed E-state index contributed by atoms with van der Waals surface area (Å²) in [6.45, 7) is 1.92.